The molecule has 1 aromatic carbocycles. The molecule has 2 N–H and O–H groups in total. The first-order valence-corrected chi connectivity index (χ1v) is 7.79. The number of aliphatic imine (C=N–C) groups is 1. The van der Waals surface area contributed by atoms with E-state index in [1.54, 1.807) is 14.2 Å². The molecular formula is C17H30N4O. The van der Waals surface area contributed by atoms with Crippen LogP contribution in [-0.2, 0) is 6.42 Å². The van der Waals surface area contributed by atoms with Crippen LogP contribution in [-0.4, -0.2) is 58.7 Å². The second kappa shape index (κ2) is 10.1. The van der Waals surface area contributed by atoms with Gasteiger partial charge in [0, 0.05) is 20.1 Å². The number of rotatable bonds is 8. The zero-order valence-electron chi connectivity index (χ0n) is 14.6. The van der Waals surface area contributed by atoms with Gasteiger partial charge in [-0.15, -0.1) is 0 Å². The summed E-state index contributed by atoms with van der Waals surface area (Å²) in [5.74, 6) is 1.81. The van der Waals surface area contributed by atoms with Crippen molar-refractivity contribution in [3.63, 3.8) is 0 Å². The molecule has 0 saturated heterocycles. The van der Waals surface area contributed by atoms with Crippen molar-refractivity contribution < 1.29 is 4.74 Å². The molecule has 1 rings (SSSR count). The molecule has 0 fully saturated rings. The summed E-state index contributed by atoms with van der Waals surface area (Å²) in [6.45, 7) is 4.91. The Balaban J connectivity index is 2.32. The van der Waals surface area contributed by atoms with Crippen molar-refractivity contribution in [1.82, 2.24) is 15.5 Å². The van der Waals surface area contributed by atoms with E-state index in [1.165, 1.54) is 5.56 Å². The van der Waals surface area contributed by atoms with Crippen molar-refractivity contribution in [2.75, 3.05) is 47.9 Å². The summed E-state index contributed by atoms with van der Waals surface area (Å²) in [5.41, 5.74) is 2.43. The fourth-order valence-corrected chi connectivity index (χ4v) is 2.17. The van der Waals surface area contributed by atoms with Gasteiger partial charge in [0.2, 0.25) is 0 Å². The summed E-state index contributed by atoms with van der Waals surface area (Å²) in [4.78, 5) is 6.42. The maximum Gasteiger partial charge on any atom is 0.190 e. The van der Waals surface area contributed by atoms with E-state index in [1.807, 2.05) is 0 Å². The third-order valence-electron chi connectivity index (χ3n) is 3.48. The van der Waals surface area contributed by atoms with Crippen LogP contribution in [0.5, 0.6) is 5.75 Å². The van der Waals surface area contributed by atoms with Gasteiger partial charge in [-0.1, -0.05) is 12.1 Å². The standard InChI is InChI=1S/C17H30N4O/c1-14-7-8-15(13-16(14)22-5)9-11-20-17(18-2)19-10-6-12-21(3)4/h7-8,13H,6,9-12H2,1-5H3,(H2,18,19,20). The molecule has 0 aromatic heterocycles. The first-order chi connectivity index (χ1) is 10.6. The summed E-state index contributed by atoms with van der Waals surface area (Å²) < 4.78 is 5.36. The monoisotopic (exact) mass is 306 g/mol. The number of nitrogens with zero attached hydrogens (tertiary/aromatic N) is 2. The number of hydrogen-bond acceptors (Lipinski definition) is 3. The minimum atomic E-state index is 0.847. The first kappa shape index (κ1) is 18.3. The van der Waals surface area contributed by atoms with Crippen LogP contribution in [0.4, 0.5) is 0 Å². The lowest BCUT2D eigenvalue weighted by atomic mass is 10.1. The van der Waals surface area contributed by atoms with Crippen LogP contribution >= 0.6 is 0 Å². The van der Waals surface area contributed by atoms with Crippen molar-refractivity contribution in [1.29, 1.82) is 0 Å². The average molecular weight is 306 g/mol. The van der Waals surface area contributed by atoms with Crippen LogP contribution in [0.3, 0.4) is 0 Å². The number of aryl methyl sites for hydroxylation is 1. The lowest BCUT2D eigenvalue weighted by Crippen LogP contribution is -2.39. The number of nitrogens with one attached hydrogen (secondary N) is 2. The molecule has 22 heavy (non-hydrogen) atoms. The van der Waals surface area contributed by atoms with Crippen LogP contribution in [0.2, 0.25) is 0 Å². The van der Waals surface area contributed by atoms with Gasteiger partial charge in [0.1, 0.15) is 5.75 Å². The number of hydrogen-bond donors (Lipinski definition) is 2. The Morgan fingerprint density at radius 2 is 1.95 bits per heavy atom. The van der Waals surface area contributed by atoms with E-state index < -0.39 is 0 Å². The van der Waals surface area contributed by atoms with Crippen LogP contribution in [0.25, 0.3) is 0 Å². The fraction of sp³-hybridized carbons (Fsp3) is 0.588. The summed E-state index contributed by atoms with van der Waals surface area (Å²) in [6, 6.07) is 6.35. The SMILES string of the molecule is CN=C(NCCCN(C)C)NCCc1ccc(C)c(OC)c1. The largest absolute Gasteiger partial charge is 0.496 e. The minimum Gasteiger partial charge on any atom is -0.496 e. The fourth-order valence-electron chi connectivity index (χ4n) is 2.17. The number of ether oxygens (including phenoxy) is 1. The molecule has 0 aliphatic carbocycles. The van der Waals surface area contributed by atoms with Crippen LogP contribution in [0.15, 0.2) is 23.2 Å². The number of guanidine groups is 1. The van der Waals surface area contributed by atoms with Crippen LogP contribution < -0.4 is 15.4 Å². The van der Waals surface area contributed by atoms with E-state index in [4.69, 9.17) is 4.74 Å². The van der Waals surface area contributed by atoms with Gasteiger partial charge in [-0.05, 0) is 57.6 Å². The average Bonchev–Trinajstić information content (AvgIpc) is 2.50. The Bertz CT molecular complexity index is 472. The van der Waals surface area contributed by atoms with E-state index in [9.17, 15) is 0 Å². The third kappa shape index (κ3) is 6.80. The van der Waals surface area contributed by atoms with Crippen LogP contribution in [0, 0.1) is 6.92 Å². The third-order valence-corrected chi connectivity index (χ3v) is 3.48. The Morgan fingerprint density at radius 3 is 2.59 bits per heavy atom. The molecule has 5 nitrogen and oxygen atoms in total. The maximum atomic E-state index is 5.36. The van der Waals surface area contributed by atoms with E-state index in [0.717, 1.165) is 49.7 Å². The highest BCUT2D eigenvalue weighted by Gasteiger charge is 2.02. The highest BCUT2D eigenvalue weighted by molar-refractivity contribution is 5.79. The number of benzene rings is 1. The van der Waals surface area contributed by atoms with Crippen molar-refractivity contribution in [3.05, 3.63) is 29.3 Å². The zero-order chi connectivity index (χ0) is 16.4. The van der Waals surface area contributed by atoms with Gasteiger partial charge in [0.25, 0.3) is 0 Å². The molecule has 0 aliphatic rings. The smallest absolute Gasteiger partial charge is 0.190 e. The molecule has 0 bridgehead atoms. The van der Waals surface area contributed by atoms with Gasteiger partial charge in [0.15, 0.2) is 5.96 Å². The Hall–Kier alpha value is -1.75. The summed E-state index contributed by atoms with van der Waals surface area (Å²) in [7, 11) is 7.69. The molecule has 0 amide bonds. The topological polar surface area (TPSA) is 48.9 Å². The normalized spacial score (nSPS) is 11.6. The van der Waals surface area contributed by atoms with E-state index in [0.29, 0.717) is 0 Å². The molecular weight excluding hydrogens is 276 g/mol. The molecule has 0 unspecified atom stereocenters. The van der Waals surface area contributed by atoms with Gasteiger partial charge in [0.05, 0.1) is 7.11 Å². The van der Waals surface area contributed by atoms with Gasteiger partial charge < -0.3 is 20.3 Å². The lowest BCUT2D eigenvalue weighted by molar-refractivity contribution is 0.399. The second-order valence-electron chi connectivity index (χ2n) is 5.64. The van der Waals surface area contributed by atoms with E-state index >= 15 is 0 Å². The molecule has 0 aliphatic heterocycles. The predicted molar refractivity (Wildman–Crippen MR) is 94.0 cm³/mol. The summed E-state index contributed by atoms with van der Waals surface area (Å²) >= 11 is 0. The van der Waals surface area contributed by atoms with Crippen molar-refractivity contribution in [2.45, 2.75) is 19.8 Å². The van der Waals surface area contributed by atoms with Gasteiger partial charge in [-0.2, -0.15) is 0 Å². The van der Waals surface area contributed by atoms with Crippen molar-refractivity contribution in [3.8, 4) is 5.75 Å². The quantitative estimate of drug-likeness (QED) is 0.436. The highest BCUT2D eigenvalue weighted by atomic mass is 16.5. The molecule has 124 valence electrons. The number of methoxy groups -OCH3 is 1. The maximum absolute atomic E-state index is 5.36. The molecule has 1 aromatic rings. The van der Waals surface area contributed by atoms with Crippen LogP contribution in [0.1, 0.15) is 17.5 Å². The first-order valence-electron chi connectivity index (χ1n) is 7.79. The van der Waals surface area contributed by atoms with Crippen molar-refractivity contribution >= 4 is 5.96 Å². The predicted octanol–water partition coefficient (Wildman–Crippen LogP) is 1.66. The van der Waals surface area contributed by atoms with E-state index in [2.05, 4.69) is 59.7 Å². The Labute approximate surface area is 134 Å². The molecule has 0 heterocycles. The Kier molecular flexibility index (Phi) is 8.36. The zero-order valence-corrected chi connectivity index (χ0v) is 14.6. The lowest BCUT2D eigenvalue weighted by Gasteiger charge is -2.14. The molecule has 0 radical (unpaired) electrons. The van der Waals surface area contributed by atoms with E-state index in [-0.39, 0.29) is 0 Å². The van der Waals surface area contributed by atoms with Gasteiger partial charge in [-0.3, -0.25) is 4.99 Å². The summed E-state index contributed by atoms with van der Waals surface area (Å²) in [5, 5.41) is 6.67. The van der Waals surface area contributed by atoms with Gasteiger partial charge >= 0.3 is 0 Å². The minimum absolute atomic E-state index is 0.847. The summed E-state index contributed by atoms with van der Waals surface area (Å²) in [6.07, 6.45) is 2.04. The molecule has 0 spiro atoms. The van der Waals surface area contributed by atoms with Crippen molar-refractivity contribution in [2.24, 2.45) is 4.99 Å². The molecule has 0 atom stereocenters. The molecule has 5 heteroatoms. The molecule has 0 saturated carbocycles. The van der Waals surface area contributed by atoms with Gasteiger partial charge in [-0.25, -0.2) is 0 Å². The second-order valence-corrected chi connectivity index (χ2v) is 5.64. The highest BCUT2D eigenvalue weighted by Crippen LogP contribution is 2.18. The Morgan fingerprint density at radius 1 is 1.23 bits per heavy atom.